The van der Waals surface area contributed by atoms with Crippen LogP contribution in [0.2, 0.25) is 0 Å². The van der Waals surface area contributed by atoms with Crippen LogP contribution in [0.15, 0.2) is 0 Å². The second-order valence-corrected chi connectivity index (χ2v) is 2.66. The molecule has 60 valence electrons. The van der Waals surface area contributed by atoms with E-state index in [0.717, 1.165) is 0 Å². The first-order valence-corrected chi connectivity index (χ1v) is 3.90. The summed E-state index contributed by atoms with van der Waals surface area (Å²) in [5, 5.41) is 7.95. The van der Waals surface area contributed by atoms with E-state index in [2.05, 4.69) is 0 Å². The highest BCUT2D eigenvalue weighted by molar-refractivity contribution is 7.79. The SMILES string of the molecule is O=C(CCCS(=O)[O-])NO. The molecule has 0 saturated heterocycles. The number of rotatable bonds is 4. The van der Waals surface area contributed by atoms with Crippen molar-refractivity contribution >= 4 is 17.0 Å². The van der Waals surface area contributed by atoms with Crippen LogP contribution in [0.25, 0.3) is 0 Å². The van der Waals surface area contributed by atoms with Crippen LogP contribution < -0.4 is 5.48 Å². The molecule has 1 unspecified atom stereocenters. The summed E-state index contributed by atoms with van der Waals surface area (Å²) in [5.74, 6) is -0.613. The van der Waals surface area contributed by atoms with E-state index in [-0.39, 0.29) is 18.6 Å². The predicted molar refractivity (Wildman–Crippen MR) is 32.9 cm³/mol. The number of nitrogens with one attached hydrogen (secondary N) is 1. The van der Waals surface area contributed by atoms with E-state index in [1.54, 1.807) is 0 Å². The molecule has 0 aliphatic heterocycles. The minimum absolute atomic E-state index is 0.0322. The van der Waals surface area contributed by atoms with Gasteiger partial charge in [0, 0.05) is 12.2 Å². The summed E-state index contributed by atoms with van der Waals surface area (Å²) in [7, 11) is 0. The van der Waals surface area contributed by atoms with E-state index in [9.17, 15) is 13.6 Å². The molecular weight excluding hydrogens is 158 g/mol. The van der Waals surface area contributed by atoms with Gasteiger partial charge in [-0.1, -0.05) is 11.1 Å². The molecule has 0 fully saturated rings. The molecule has 0 aliphatic rings. The first-order chi connectivity index (χ1) is 4.66. The first-order valence-electron chi connectivity index (χ1n) is 2.65. The van der Waals surface area contributed by atoms with Crippen LogP contribution in [0.1, 0.15) is 12.8 Å². The second-order valence-electron chi connectivity index (χ2n) is 1.65. The smallest absolute Gasteiger partial charge is 0.243 e. The summed E-state index contributed by atoms with van der Waals surface area (Å²) in [4.78, 5) is 10.2. The van der Waals surface area contributed by atoms with E-state index in [1.807, 2.05) is 0 Å². The lowest BCUT2D eigenvalue weighted by atomic mass is 10.3. The zero-order valence-corrected chi connectivity index (χ0v) is 6.02. The molecule has 0 aliphatic carbocycles. The van der Waals surface area contributed by atoms with Gasteiger partial charge in [-0.05, 0) is 6.42 Å². The third kappa shape index (κ3) is 5.67. The van der Waals surface area contributed by atoms with E-state index in [1.165, 1.54) is 5.48 Å². The molecule has 0 heterocycles. The standard InChI is InChI=1S/C4H9NO4S/c6-4(5-7)2-1-3-10(8)9/h7H,1-3H2,(H,5,6)(H,8,9)/p-1. The van der Waals surface area contributed by atoms with Crippen LogP contribution in [0.5, 0.6) is 0 Å². The van der Waals surface area contributed by atoms with Crippen molar-refractivity contribution in [3.8, 4) is 0 Å². The lowest BCUT2D eigenvalue weighted by Crippen LogP contribution is -2.18. The minimum Gasteiger partial charge on any atom is -0.772 e. The molecule has 0 bridgehead atoms. The highest BCUT2D eigenvalue weighted by atomic mass is 32.2. The molecular formula is C4H8NO4S-. The monoisotopic (exact) mass is 166 g/mol. The lowest BCUT2D eigenvalue weighted by Gasteiger charge is -2.02. The average Bonchev–Trinajstić information content (AvgIpc) is 1.87. The van der Waals surface area contributed by atoms with Gasteiger partial charge in [-0.15, -0.1) is 0 Å². The molecule has 6 heteroatoms. The molecule has 0 rings (SSSR count). The molecule has 0 aromatic heterocycles. The molecule has 0 radical (unpaired) electrons. The van der Waals surface area contributed by atoms with Gasteiger partial charge in [-0.25, -0.2) is 5.48 Å². The largest absolute Gasteiger partial charge is 0.772 e. The van der Waals surface area contributed by atoms with Gasteiger partial charge in [0.25, 0.3) is 0 Å². The maximum absolute atomic E-state index is 10.2. The summed E-state index contributed by atoms with van der Waals surface area (Å²) in [6.07, 6.45) is 0.271. The van der Waals surface area contributed by atoms with E-state index < -0.39 is 17.0 Å². The Bertz CT molecular complexity index is 137. The first kappa shape index (κ1) is 9.54. The zero-order valence-electron chi connectivity index (χ0n) is 5.20. The molecule has 1 amide bonds. The Labute approximate surface area is 60.7 Å². The summed E-state index contributed by atoms with van der Waals surface area (Å²) >= 11 is -2.10. The molecule has 0 saturated carbocycles. The Morgan fingerprint density at radius 1 is 1.70 bits per heavy atom. The molecule has 0 aromatic rings. The summed E-state index contributed by atoms with van der Waals surface area (Å²) in [6, 6.07) is 0. The van der Waals surface area contributed by atoms with Crippen molar-refractivity contribution in [2.75, 3.05) is 5.75 Å². The van der Waals surface area contributed by atoms with Crippen LogP contribution in [0, 0.1) is 0 Å². The summed E-state index contributed by atoms with van der Waals surface area (Å²) < 4.78 is 19.7. The Hall–Kier alpha value is -0.460. The highest BCUT2D eigenvalue weighted by Crippen LogP contribution is 1.89. The number of hydroxylamine groups is 1. The quantitative estimate of drug-likeness (QED) is 0.323. The fourth-order valence-corrected chi connectivity index (χ4v) is 0.787. The van der Waals surface area contributed by atoms with Crippen LogP contribution >= 0.6 is 0 Å². The molecule has 0 spiro atoms. The van der Waals surface area contributed by atoms with Crippen molar-refractivity contribution in [2.45, 2.75) is 12.8 Å². The fraction of sp³-hybridized carbons (Fsp3) is 0.750. The van der Waals surface area contributed by atoms with Crippen molar-refractivity contribution in [3.63, 3.8) is 0 Å². The van der Waals surface area contributed by atoms with Gasteiger partial charge < -0.3 is 4.55 Å². The van der Waals surface area contributed by atoms with Gasteiger partial charge in [0.2, 0.25) is 5.91 Å². The predicted octanol–water partition coefficient (Wildman–Crippen LogP) is -0.849. The lowest BCUT2D eigenvalue weighted by molar-refractivity contribution is -0.129. The minimum atomic E-state index is -2.10. The summed E-state index contributed by atoms with van der Waals surface area (Å²) in [5.41, 5.74) is 1.40. The van der Waals surface area contributed by atoms with Crippen molar-refractivity contribution in [3.05, 3.63) is 0 Å². The normalized spacial score (nSPS) is 12.6. The van der Waals surface area contributed by atoms with Crippen LogP contribution in [0.4, 0.5) is 0 Å². The Kier molecular flexibility index (Phi) is 5.09. The average molecular weight is 166 g/mol. The van der Waals surface area contributed by atoms with Crippen LogP contribution in [-0.4, -0.2) is 25.6 Å². The zero-order chi connectivity index (χ0) is 7.98. The van der Waals surface area contributed by atoms with Crippen LogP contribution in [0.3, 0.4) is 0 Å². The Morgan fingerprint density at radius 3 is 2.70 bits per heavy atom. The Balaban J connectivity index is 3.20. The van der Waals surface area contributed by atoms with Gasteiger partial charge in [0.15, 0.2) is 0 Å². The van der Waals surface area contributed by atoms with Gasteiger partial charge >= 0.3 is 0 Å². The second kappa shape index (κ2) is 5.33. The van der Waals surface area contributed by atoms with Crippen LogP contribution in [-0.2, 0) is 15.9 Å². The summed E-state index contributed by atoms with van der Waals surface area (Å²) in [6.45, 7) is 0. The van der Waals surface area contributed by atoms with Gasteiger partial charge in [0.1, 0.15) is 0 Å². The molecule has 1 atom stereocenters. The maximum Gasteiger partial charge on any atom is 0.243 e. The van der Waals surface area contributed by atoms with Gasteiger partial charge in [-0.2, -0.15) is 0 Å². The van der Waals surface area contributed by atoms with Gasteiger partial charge in [-0.3, -0.25) is 14.2 Å². The van der Waals surface area contributed by atoms with Crippen molar-refractivity contribution in [1.29, 1.82) is 0 Å². The molecule has 2 N–H and O–H groups in total. The van der Waals surface area contributed by atoms with Crippen molar-refractivity contribution in [1.82, 2.24) is 5.48 Å². The topological polar surface area (TPSA) is 89.5 Å². The Morgan fingerprint density at radius 2 is 2.30 bits per heavy atom. The fourth-order valence-electron chi connectivity index (χ4n) is 0.406. The van der Waals surface area contributed by atoms with E-state index in [0.29, 0.717) is 0 Å². The molecule has 10 heavy (non-hydrogen) atoms. The molecule has 5 nitrogen and oxygen atoms in total. The number of hydrogen-bond donors (Lipinski definition) is 2. The van der Waals surface area contributed by atoms with Crippen molar-refractivity contribution in [2.24, 2.45) is 0 Å². The maximum atomic E-state index is 10.2. The molecule has 0 aromatic carbocycles. The number of carbonyl (C=O) groups excluding carboxylic acids is 1. The highest BCUT2D eigenvalue weighted by Gasteiger charge is 1.96. The number of amides is 1. The van der Waals surface area contributed by atoms with Gasteiger partial charge in [0.05, 0.1) is 0 Å². The van der Waals surface area contributed by atoms with E-state index >= 15 is 0 Å². The number of hydrogen-bond acceptors (Lipinski definition) is 4. The van der Waals surface area contributed by atoms with E-state index in [4.69, 9.17) is 5.21 Å². The third-order valence-corrected chi connectivity index (χ3v) is 1.46. The third-order valence-electron chi connectivity index (χ3n) is 0.840. The van der Waals surface area contributed by atoms with Crippen molar-refractivity contribution < 1.29 is 18.8 Å². The number of carbonyl (C=O) groups is 1.